The number of pyridine rings is 1. The Morgan fingerprint density at radius 1 is 1.30 bits per heavy atom. The summed E-state index contributed by atoms with van der Waals surface area (Å²) in [6.07, 6.45) is 4.92. The van der Waals surface area contributed by atoms with Gasteiger partial charge >= 0.3 is 5.97 Å². The van der Waals surface area contributed by atoms with Crippen molar-refractivity contribution in [2.24, 2.45) is 17.3 Å². The quantitative estimate of drug-likeness (QED) is 0.737. The minimum absolute atomic E-state index is 0.165. The second-order valence-electron chi connectivity index (χ2n) is 8.49. The minimum Gasteiger partial charge on any atom is -0.452 e. The zero-order valence-corrected chi connectivity index (χ0v) is 16.5. The van der Waals surface area contributed by atoms with E-state index in [1.165, 1.54) is 19.2 Å². The molecule has 2 N–H and O–H groups in total. The second-order valence-corrected chi connectivity index (χ2v) is 9.33. The molecule has 4 aliphatic carbocycles. The molecule has 0 aliphatic heterocycles. The van der Waals surface area contributed by atoms with Crippen molar-refractivity contribution in [3.05, 3.63) is 22.3 Å². The van der Waals surface area contributed by atoms with Crippen LogP contribution in [0.15, 0.2) is 12.3 Å². The van der Waals surface area contributed by atoms with Crippen molar-refractivity contribution in [1.82, 2.24) is 4.98 Å². The summed E-state index contributed by atoms with van der Waals surface area (Å²) in [4.78, 5) is 29.3. The molecule has 27 heavy (non-hydrogen) atoms. The highest BCUT2D eigenvalue weighted by Crippen LogP contribution is 2.62. The Bertz CT molecular complexity index is 786. The number of esters is 1. The highest BCUT2D eigenvalue weighted by molar-refractivity contribution is 6.36. The number of hydrogen-bond acceptors (Lipinski definition) is 5. The first-order chi connectivity index (χ1) is 12.7. The van der Waals surface area contributed by atoms with Gasteiger partial charge in [-0.2, -0.15) is 0 Å². The molecule has 4 aliphatic rings. The van der Waals surface area contributed by atoms with Crippen molar-refractivity contribution in [1.29, 1.82) is 0 Å². The first-order valence-corrected chi connectivity index (χ1v) is 9.99. The molecule has 0 aromatic carbocycles. The van der Waals surface area contributed by atoms with Crippen LogP contribution >= 0.6 is 23.2 Å². The van der Waals surface area contributed by atoms with Gasteiger partial charge < -0.3 is 15.2 Å². The SMILES string of the molecule is C[C@H](OC(=O)C12C[C@@H]3C[C@@H](CC(O)(C3)C1)C2)C(=O)Nc1ncc(Cl)cc1Cl. The van der Waals surface area contributed by atoms with Crippen molar-refractivity contribution in [3.63, 3.8) is 0 Å². The first kappa shape index (κ1) is 19.0. The van der Waals surface area contributed by atoms with Crippen LogP contribution in [0.4, 0.5) is 5.82 Å². The van der Waals surface area contributed by atoms with Crippen molar-refractivity contribution in [2.75, 3.05) is 5.32 Å². The smallest absolute Gasteiger partial charge is 0.312 e. The zero-order valence-electron chi connectivity index (χ0n) is 15.0. The van der Waals surface area contributed by atoms with Gasteiger partial charge in [0.25, 0.3) is 5.91 Å². The number of hydrogen-bond donors (Lipinski definition) is 2. The standard InChI is InChI=1S/C19H22Cl2N2O4/c1-10(16(24)23-15-14(21)3-13(20)8-22-15)27-17(25)18-4-11-2-12(5-18)7-19(26,6-11)9-18/h3,8,10-12,26H,2,4-7,9H2,1H3,(H,22,23,24)/t10-,11-,12+,18?,19?/m0/s1. The number of amides is 1. The van der Waals surface area contributed by atoms with Crippen LogP contribution < -0.4 is 5.32 Å². The van der Waals surface area contributed by atoms with Gasteiger partial charge in [0, 0.05) is 6.20 Å². The van der Waals surface area contributed by atoms with Crippen molar-refractivity contribution >= 4 is 40.9 Å². The number of nitrogens with zero attached hydrogens (tertiary/aromatic N) is 1. The lowest BCUT2D eigenvalue weighted by Crippen LogP contribution is -2.59. The summed E-state index contributed by atoms with van der Waals surface area (Å²) in [5, 5.41) is 13.9. The fourth-order valence-corrected chi connectivity index (χ4v) is 5.94. The van der Waals surface area contributed by atoms with Crippen LogP contribution in [0, 0.1) is 17.3 Å². The van der Waals surface area contributed by atoms with Crippen LogP contribution in [-0.2, 0) is 14.3 Å². The lowest BCUT2D eigenvalue weighted by atomic mass is 9.48. The summed E-state index contributed by atoms with van der Waals surface area (Å²) in [6.45, 7) is 1.52. The Kier molecular flexibility index (Phi) is 4.64. The summed E-state index contributed by atoms with van der Waals surface area (Å²) in [5.74, 6) is 0.00411. The maximum absolute atomic E-state index is 12.9. The maximum atomic E-state index is 12.9. The molecule has 8 heteroatoms. The third-order valence-electron chi connectivity index (χ3n) is 6.17. The number of halogens is 2. The Labute approximate surface area is 167 Å². The number of anilines is 1. The van der Waals surface area contributed by atoms with Gasteiger partial charge in [0.05, 0.1) is 21.1 Å². The maximum Gasteiger partial charge on any atom is 0.312 e. The zero-order chi connectivity index (χ0) is 19.4. The number of carbonyl (C=O) groups is 2. The Morgan fingerprint density at radius 2 is 1.96 bits per heavy atom. The Morgan fingerprint density at radius 3 is 2.56 bits per heavy atom. The molecule has 4 saturated carbocycles. The van der Waals surface area contributed by atoms with Crippen molar-refractivity contribution in [3.8, 4) is 0 Å². The van der Waals surface area contributed by atoms with E-state index in [1.54, 1.807) is 0 Å². The molecule has 0 radical (unpaired) electrons. The van der Waals surface area contributed by atoms with Crippen LogP contribution in [0.25, 0.3) is 0 Å². The summed E-state index contributed by atoms with van der Waals surface area (Å²) in [6, 6.07) is 1.47. The molecule has 0 spiro atoms. The fourth-order valence-electron chi connectivity index (χ4n) is 5.52. The van der Waals surface area contributed by atoms with Gasteiger partial charge in [0.2, 0.25) is 0 Å². The number of nitrogens with one attached hydrogen (secondary N) is 1. The predicted octanol–water partition coefficient (Wildman–Crippen LogP) is 3.59. The van der Waals surface area contributed by atoms with Crippen molar-refractivity contribution in [2.45, 2.75) is 57.2 Å². The topological polar surface area (TPSA) is 88.5 Å². The molecule has 5 rings (SSSR count). The van der Waals surface area contributed by atoms with Gasteiger partial charge in [-0.1, -0.05) is 23.2 Å². The second kappa shape index (κ2) is 6.61. The van der Waals surface area contributed by atoms with E-state index in [2.05, 4.69) is 10.3 Å². The summed E-state index contributed by atoms with van der Waals surface area (Å²) in [5.41, 5.74) is -1.42. The lowest BCUT2D eigenvalue weighted by molar-refractivity contribution is -0.199. The van der Waals surface area contributed by atoms with Gasteiger partial charge in [0.1, 0.15) is 0 Å². The molecule has 1 aromatic rings. The molecule has 4 fully saturated rings. The molecule has 1 amide bonds. The van der Waals surface area contributed by atoms with Gasteiger partial charge in [-0.15, -0.1) is 0 Å². The van der Waals surface area contributed by atoms with Gasteiger partial charge in [0.15, 0.2) is 11.9 Å². The molecule has 146 valence electrons. The largest absolute Gasteiger partial charge is 0.452 e. The Balaban J connectivity index is 1.42. The molecule has 1 heterocycles. The predicted molar refractivity (Wildman–Crippen MR) is 101 cm³/mol. The highest BCUT2D eigenvalue weighted by Gasteiger charge is 2.61. The average Bonchev–Trinajstić information content (AvgIpc) is 2.55. The lowest BCUT2D eigenvalue weighted by Gasteiger charge is -2.58. The highest BCUT2D eigenvalue weighted by atomic mass is 35.5. The number of ether oxygens (including phenoxy) is 1. The van der Waals surface area contributed by atoms with Gasteiger partial charge in [-0.3, -0.25) is 9.59 Å². The van der Waals surface area contributed by atoms with Crippen LogP contribution in [0.2, 0.25) is 10.0 Å². The molecule has 4 bridgehead atoms. The summed E-state index contributed by atoms with van der Waals surface area (Å²) < 4.78 is 5.52. The summed E-state index contributed by atoms with van der Waals surface area (Å²) >= 11 is 11.8. The van der Waals surface area contributed by atoms with Crippen LogP contribution in [-0.4, -0.2) is 33.7 Å². The van der Waals surface area contributed by atoms with E-state index in [0.717, 1.165) is 32.1 Å². The van der Waals surface area contributed by atoms with E-state index in [-0.39, 0.29) is 16.8 Å². The number of carbonyl (C=O) groups excluding carboxylic acids is 2. The molecule has 1 aromatic heterocycles. The van der Waals surface area contributed by atoms with Gasteiger partial charge in [-0.05, 0) is 63.4 Å². The van der Waals surface area contributed by atoms with E-state index in [1.807, 2.05) is 0 Å². The third-order valence-corrected chi connectivity index (χ3v) is 6.66. The van der Waals surface area contributed by atoms with Crippen molar-refractivity contribution < 1.29 is 19.4 Å². The third kappa shape index (κ3) is 3.55. The van der Waals surface area contributed by atoms with E-state index < -0.39 is 23.0 Å². The molecule has 6 nitrogen and oxygen atoms in total. The monoisotopic (exact) mass is 412 g/mol. The summed E-state index contributed by atoms with van der Waals surface area (Å²) in [7, 11) is 0. The number of aromatic nitrogens is 1. The van der Waals surface area contributed by atoms with Crippen LogP contribution in [0.5, 0.6) is 0 Å². The molecule has 5 atom stereocenters. The van der Waals surface area contributed by atoms with E-state index in [4.69, 9.17) is 27.9 Å². The molecule has 2 unspecified atom stereocenters. The molecule has 0 saturated heterocycles. The van der Waals surface area contributed by atoms with E-state index >= 15 is 0 Å². The molecular formula is C19H22Cl2N2O4. The number of rotatable bonds is 4. The fraction of sp³-hybridized carbons (Fsp3) is 0.632. The van der Waals surface area contributed by atoms with E-state index in [9.17, 15) is 14.7 Å². The van der Waals surface area contributed by atoms with Crippen LogP contribution in [0.1, 0.15) is 45.4 Å². The Hall–Kier alpha value is -1.37. The average molecular weight is 413 g/mol. The van der Waals surface area contributed by atoms with E-state index in [0.29, 0.717) is 23.3 Å². The normalized spacial score (nSPS) is 35.0. The molecular weight excluding hydrogens is 391 g/mol. The first-order valence-electron chi connectivity index (χ1n) is 9.23. The number of aliphatic hydroxyl groups is 1. The minimum atomic E-state index is -0.992. The van der Waals surface area contributed by atoms with Crippen LogP contribution in [0.3, 0.4) is 0 Å². The van der Waals surface area contributed by atoms with Gasteiger partial charge in [-0.25, -0.2) is 4.98 Å².